The van der Waals surface area contributed by atoms with Crippen LogP contribution in [-0.4, -0.2) is 47.7 Å². The monoisotopic (exact) mass is 254 g/mol. The number of hydrogen-bond donors (Lipinski definition) is 2. The SMILES string of the molecule is CC(C)N1CC(CC(=O)O)CC(NCC2CC2)C1. The van der Waals surface area contributed by atoms with Gasteiger partial charge >= 0.3 is 5.97 Å². The van der Waals surface area contributed by atoms with Crippen molar-refractivity contribution >= 4 is 5.97 Å². The molecule has 104 valence electrons. The first kappa shape index (κ1) is 13.8. The number of carboxylic acid groups (broad SMARTS) is 1. The van der Waals surface area contributed by atoms with Gasteiger partial charge in [-0.05, 0) is 51.5 Å². The molecule has 0 aromatic carbocycles. The molecule has 2 fully saturated rings. The van der Waals surface area contributed by atoms with E-state index in [1.165, 1.54) is 12.8 Å². The zero-order valence-corrected chi connectivity index (χ0v) is 11.6. The van der Waals surface area contributed by atoms with Crippen LogP contribution in [0, 0.1) is 11.8 Å². The lowest BCUT2D eigenvalue weighted by Crippen LogP contribution is -2.52. The fourth-order valence-corrected chi connectivity index (χ4v) is 2.86. The van der Waals surface area contributed by atoms with Crippen molar-refractivity contribution in [3.05, 3.63) is 0 Å². The number of likely N-dealkylation sites (tertiary alicyclic amines) is 1. The number of carbonyl (C=O) groups is 1. The van der Waals surface area contributed by atoms with Gasteiger partial charge in [0.05, 0.1) is 0 Å². The highest BCUT2D eigenvalue weighted by Crippen LogP contribution is 2.28. The summed E-state index contributed by atoms with van der Waals surface area (Å²) >= 11 is 0. The van der Waals surface area contributed by atoms with Crippen LogP contribution in [0.5, 0.6) is 0 Å². The van der Waals surface area contributed by atoms with Crippen molar-refractivity contribution in [3.8, 4) is 0 Å². The van der Waals surface area contributed by atoms with Gasteiger partial charge in [-0.3, -0.25) is 9.69 Å². The Morgan fingerprint density at radius 3 is 2.61 bits per heavy atom. The lowest BCUT2D eigenvalue weighted by atomic mass is 9.90. The Morgan fingerprint density at radius 1 is 1.33 bits per heavy atom. The summed E-state index contributed by atoms with van der Waals surface area (Å²) in [7, 11) is 0. The summed E-state index contributed by atoms with van der Waals surface area (Å²) in [5.41, 5.74) is 0. The van der Waals surface area contributed by atoms with Gasteiger partial charge in [-0.15, -0.1) is 0 Å². The smallest absolute Gasteiger partial charge is 0.303 e. The number of carboxylic acids is 1. The molecule has 1 saturated heterocycles. The normalized spacial score (nSPS) is 29.7. The zero-order chi connectivity index (χ0) is 13.1. The summed E-state index contributed by atoms with van der Waals surface area (Å²) in [5, 5.41) is 12.6. The number of aliphatic carboxylic acids is 1. The third kappa shape index (κ3) is 4.25. The third-order valence-electron chi connectivity index (χ3n) is 4.15. The predicted octanol–water partition coefficient (Wildman–Crippen LogP) is 1.56. The minimum Gasteiger partial charge on any atom is -0.481 e. The lowest BCUT2D eigenvalue weighted by molar-refractivity contribution is -0.138. The quantitative estimate of drug-likeness (QED) is 0.755. The molecule has 4 heteroatoms. The van der Waals surface area contributed by atoms with E-state index in [1.54, 1.807) is 0 Å². The van der Waals surface area contributed by atoms with E-state index in [-0.39, 0.29) is 0 Å². The molecule has 2 unspecified atom stereocenters. The number of piperidine rings is 1. The molecule has 1 aliphatic heterocycles. The topological polar surface area (TPSA) is 52.6 Å². The fraction of sp³-hybridized carbons (Fsp3) is 0.929. The van der Waals surface area contributed by atoms with E-state index in [0.29, 0.717) is 24.4 Å². The number of hydrogen-bond acceptors (Lipinski definition) is 3. The average molecular weight is 254 g/mol. The van der Waals surface area contributed by atoms with Crippen molar-refractivity contribution in [3.63, 3.8) is 0 Å². The van der Waals surface area contributed by atoms with E-state index in [0.717, 1.165) is 32.0 Å². The summed E-state index contributed by atoms with van der Waals surface area (Å²) in [4.78, 5) is 13.3. The molecule has 0 spiro atoms. The number of nitrogens with one attached hydrogen (secondary N) is 1. The van der Waals surface area contributed by atoms with Crippen molar-refractivity contribution in [1.29, 1.82) is 0 Å². The maximum absolute atomic E-state index is 10.9. The molecule has 18 heavy (non-hydrogen) atoms. The van der Waals surface area contributed by atoms with Gasteiger partial charge in [0.2, 0.25) is 0 Å². The molecule has 0 radical (unpaired) electrons. The Kier molecular flexibility index (Phi) is 4.62. The molecule has 1 aliphatic carbocycles. The second kappa shape index (κ2) is 6.02. The van der Waals surface area contributed by atoms with Gasteiger partial charge in [0.25, 0.3) is 0 Å². The van der Waals surface area contributed by atoms with Crippen LogP contribution >= 0.6 is 0 Å². The standard InChI is InChI=1S/C14H26N2O2/c1-10(2)16-8-12(6-14(17)18)5-13(9-16)15-7-11-3-4-11/h10-13,15H,3-9H2,1-2H3,(H,17,18). The van der Waals surface area contributed by atoms with Crippen LogP contribution in [0.4, 0.5) is 0 Å². The first-order valence-corrected chi connectivity index (χ1v) is 7.23. The second-order valence-electron chi connectivity index (χ2n) is 6.30. The van der Waals surface area contributed by atoms with Gasteiger partial charge in [-0.1, -0.05) is 0 Å². The molecule has 4 nitrogen and oxygen atoms in total. The van der Waals surface area contributed by atoms with Crippen LogP contribution in [0.15, 0.2) is 0 Å². The number of nitrogens with zero attached hydrogens (tertiary/aromatic N) is 1. The van der Waals surface area contributed by atoms with Crippen molar-refractivity contribution in [2.24, 2.45) is 11.8 Å². The molecular weight excluding hydrogens is 228 g/mol. The van der Waals surface area contributed by atoms with Crippen LogP contribution in [0.1, 0.15) is 39.5 Å². The Bertz CT molecular complexity index is 290. The summed E-state index contributed by atoms with van der Waals surface area (Å²) < 4.78 is 0. The van der Waals surface area contributed by atoms with E-state index in [4.69, 9.17) is 5.11 Å². The van der Waals surface area contributed by atoms with Gasteiger partial charge < -0.3 is 10.4 Å². The molecule has 0 bridgehead atoms. The Labute approximate surface area is 110 Å². The summed E-state index contributed by atoms with van der Waals surface area (Å²) in [5.74, 6) is 0.527. The van der Waals surface area contributed by atoms with Gasteiger partial charge in [-0.25, -0.2) is 0 Å². The van der Waals surface area contributed by atoms with Crippen LogP contribution in [-0.2, 0) is 4.79 Å². The molecule has 1 saturated carbocycles. The first-order valence-electron chi connectivity index (χ1n) is 7.23. The molecule has 0 aromatic rings. The molecular formula is C14H26N2O2. The fourth-order valence-electron chi connectivity index (χ4n) is 2.86. The summed E-state index contributed by atoms with van der Waals surface area (Å²) in [6.07, 6.45) is 4.06. The molecule has 2 rings (SSSR count). The average Bonchev–Trinajstić information content (AvgIpc) is 3.08. The zero-order valence-electron chi connectivity index (χ0n) is 11.6. The molecule has 2 aliphatic rings. The van der Waals surface area contributed by atoms with Crippen LogP contribution in [0.2, 0.25) is 0 Å². The van der Waals surface area contributed by atoms with Crippen LogP contribution < -0.4 is 5.32 Å². The summed E-state index contributed by atoms with van der Waals surface area (Å²) in [6, 6.07) is 0.984. The van der Waals surface area contributed by atoms with E-state index in [1.807, 2.05) is 0 Å². The number of rotatable bonds is 6. The minimum absolute atomic E-state index is 0.301. The van der Waals surface area contributed by atoms with Crippen molar-refractivity contribution in [1.82, 2.24) is 10.2 Å². The maximum atomic E-state index is 10.9. The highest BCUT2D eigenvalue weighted by Gasteiger charge is 2.31. The first-order chi connectivity index (χ1) is 8.54. The van der Waals surface area contributed by atoms with E-state index in [9.17, 15) is 4.79 Å². The van der Waals surface area contributed by atoms with Crippen LogP contribution in [0.3, 0.4) is 0 Å². The van der Waals surface area contributed by atoms with Gasteiger partial charge in [0.15, 0.2) is 0 Å². The Hall–Kier alpha value is -0.610. The van der Waals surface area contributed by atoms with Crippen LogP contribution in [0.25, 0.3) is 0 Å². The highest BCUT2D eigenvalue weighted by atomic mass is 16.4. The Balaban J connectivity index is 1.85. The molecule has 2 N–H and O–H groups in total. The third-order valence-corrected chi connectivity index (χ3v) is 4.15. The molecule has 0 amide bonds. The van der Waals surface area contributed by atoms with Crippen molar-refractivity contribution < 1.29 is 9.90 Å². The predicted molar refractivity (Wildman–Crippen MR) is 71.6 cm³/mol. The molecule has 2 atom stereocenters. The van der Waals surface area contributed by atoms with Crippen molar-refractivity contribution in [2.45, 2.75) is 51.6 Å². The Morgan fingerprint density at radius 2 is 2.06 bits per heavy atom. The maximum Gasteiger partial charge on any atom is 0.303 e. The van der Waals surface area contributed by atoms with Crippen molar-refractivity contribution in [2.75, 3.05) is 19.6 Å². The minimum atomic E-state index is -0.661. The molecule has 1 heterocycles. The molecule has 0 aromatic heterocycles. The van der Waals surface area contributed by atoms with E-state index < -0.39 is 5.97 Å². The van der Waals surface area contributed by atoms with E-state index in [2.05, 4.69) is 24.1 Å². The second-order valence-corrected chi connectivity index (χ2v) is 6.30. The largest absolute Gasteiger partial charge is 0.481 e. The van der Waals surface area contributed by atoms with Gasteiger partial charge in [-0.2, -0.15) is 0 Å². The van der Waals surface area contributed by atoms with Gasteiger partial charge in [0.1, 0.15) is 0 Å². The van der Waals surface area contributed by atoms with E-state index >= 15 is 0 Å². The highest BCUT2D eigenvalue weighted by molar-refractivity contribution is 5.67. The lowest BCUT2D eigenvalue weighted by Gasteiger charge is -2.40. The van der Waals surface area contributed by atoms with Gasteiger partial charge in [0, 0.05) is 31.6 Å². The summed E-state index contributed by atoms with van der Waals surface area (Å²) in [6.45, 7) is 7.52.